The van der Waals surface area contributed by atoms with Gasteiger partial charge in [0, 0.05) is 4.47 Å². The zero-order valence-corrected chi connectivity index (χ0v) is 17.6. The summed E-state index contributed by atoms with van der Waals surface area (Å²) in [7, 11) is 0. The van der Waals surface area contributed by atoms with Crippen molar-refractivity contribution in [1.82, 2.24) is 5.43 Å². The highest BCUT2D eigenvalue weighted by molar-refractivity contribution is 9.10. The highest BCUT2D eigenvalue weighted by Gasteiger charge is 2.34. The van der Waals surface area contributed by atoms with Crippen LogP contribution in [0, 0.1) is 11.3 Å². The van der Waals surface area contributed by atoms with Crippen molar-refractivity contribution in [3.63, 3.8) is 0 Å². The van der Waals surface area contributed by atoms with Crippen molar-refractivity contribution in [3.05, 3.63) is 57.0 Å². The Labute approximate surface area is 180 Å². The molecule has 0 radical (unpaired) electrons. The largest absolute Gasteiger partial charge is 0.490 e. The molecule has 1 N–H and O–H groups in total. The zero-order chi connectivity index (χ0) is 21.0. The Balaban J connectivity index is 2.02. The molecule has 0 atom stereocenters. The van der Waals surface area contributed by atoms with Crippen molar-refractivity contribution in [1.29, 1.82) is 5.26 Å². The van der Waals surface area contributed by atoms with Crippen LogP contribution in [0.2, 0.25) is 5.02 Å². The van der Waals surface area contributed by atoms with E-state index in [1.54, 1.807) is 37.3 Å². The lowest BCUT2D eigenvalue weighted by Crippen LogP contribution is -2.35. The maximum atomic E-state index is 12.8. The fraction of sp³-hybridized carbons (Fsp3) is 0.150. The normalized spacial score (nSPS) is 14.7. The number of nitrogens with one attached hydrogen (secondary N) is 1. The number of carbonyl (C=O) groups is 2. The lowest BCUT2D eigenvalue weighted by molar-refractivity contribution is -0.117. The lowest BCUT2D eigenvalue weighted by Gasteiger charge is -2.15. The van der Waals surface area contributed by atoms with Gasteiger partial charge in [-0.05, 0) is 52.7 Å². The highest BCUT2D eigenvalue weighted by Crippen LogP contribution is 2.43. The number of nitriles is 1. The summed E-state index contributed by atoms with van der Waals surface area (Å²) in [6.45, 7) is 1.91. The van der Waals surface area contributed by atoms with Gasteiger partial charge in [-0.3, -0.25) is 15.0 Å². The van der Waals surface area contributed by atoms with Crippen molar-refractivity contribution in [2.24, 2.45) is 0 Å². The molecule has 1 fully saturated rings. The number of hydrogen-bond acceptors (Lipinski definition) is 5. The minimum Gasteiger partial charge on any atom is -0.490 e. The van der Waals surface area contributed by atoms with Crippen LogP contribution in [0.5, 0.6) is 11.5 Å². The molecule has 2 aromatic carbocycles. The van der Waals surface area contributed by atoms with Crippen molar-refractivity contribution in [2.45, 2.75) is 6.92 Å². The number of carbonyl (C=O) groups excluding carboxylic acids is 2. The van der Waals surface area contributed by atoms with Gasteiger partial charge in [-0.1, -0.05) is 29.8 Å². The molecule has 1 aliphatic rings. The van der Waals surface area contributed by atoms with Gasteiger partial charge >= 0.3 is 0 Å². The fourth-order valence-corrected chi connectivity index (χ4v) is 3.35. The number of amides is 2. The summed E-state index contributed by atoms with van der Waals surface area (Å²) >= 11 is 9.74. The van der Waals surface area contributed by atoms with Crippen LogP contribution in [0.1, 0.15) is 12.5 Å². The van der Waals surface area contributed by atoms with Crippen LogP contribution in [0.25, 0.3) is 6.08 Å². The van der Waals surface area contributed by atoms with Crippen LogP contribution in [0.3, 0.4) is 0 Å². The van der Waals surface area contributed by atoms with Crippen molar-refractivity contribution >= 4 is 51.1 Å². The second-order valence-corrected chi connectivity index (χ2v) is 6.95. The summed E-state index contributed by atoms with van der Waals surface area (Å²) in [6.07, 6.45) is 1.42. The molecular formula is C20H15BrClN3O4. The van der Waals surface area contributed by atoms with E-state index in [-0.39, 0.29) is 23.0 Å². The Morgan fingerprint density at radius 1 is 1.28 bits per heavy atom. The minimum absolute atomic E-state index is 0.0567. The predicted octanol–water partition coefficient (Wildman–Crippen LogP) is 3.86. The van der Waals surface area contributed by atoms with E-state index in [1.165, 1.54) is 11.1 Å². The van der Waals surface area contributed by atoms with E-state index in [0.29, 0.717) is 28.1 Å². The predicted molar refractivity (Wildman–Crippen MR) is 111 cm³/mol. The molecule has 0 saturated carbocycles. The second kappa shape index (κ2) is 8.99. The number of para-hydroxylation sites is 1. The SMILES string of the molecule is CCOc1cc(/C=C2/C(=O)NN(c3ccccc3)C2=O)c(Br)c(Cl)c1OCC#N. The first-order chi connectivity index (χ1) is 14.0. The van der Waals surface area contributed by atoms with Gasteiger partial charge in [0.2, 0.25) is 0 Å². The Morgan fingerprint density at radius 3 is 2.66 bits per heavy atom. The third kappa shape index (κ3) is 4.21. The van der Waals surface area contributed by atoms with Gasteiger partial charge in [-0.2, -0.15) is 5.26 Å². The number of anilines is 1. The topological polar surface area (TPSA) is 91.7 Å². The van der Waals surface area contributed by atoms with E-state index < -0.39 is 11.8 Å². The summed E-state index contributed by atoms with van der Waals surface area (Å²) < 4.78 is 11.3. The van der Waals surface area contributed by atoms with E-state index in [9.17, 15) is 9.59 Å². The Kier molecular flexibility index (Phi) is 6.42. The van der Waals surface area contributed by atoms with Gasteiger partial charge < -0.3 is 9.47 Å². The number of ether oxygens (including phenoxy) is 2. The number of rotatable bonds is 6. The van der Waals surface area contributed by atoms with Crippen molar-refractivity contribution in [2.75, 3.05) is 18.2 Å². The molecule has 2 amide bonds. The molecule has 0 unspecified atom stereocenters. The summed E-state index contributed by atoms with van der Waals surface area (Å²) in [6, 6.07) is 12.2. The van der Waals surface area contributed by atoms with Crippen LogP contribution in [-0.4, -0.2) is 25.0 Å². The van der Waals surface area contributed by atoms with Gasteiger partial charge in [-0.15, -0.1) is 0 Å². The Hall–Kier alpha value is -3.02. The van der Waals surface area contributed by atoms with Gasteiger partial charge in [0.25, 0.3) is 11.8 Å². The lowest BCUT2D eigenvalue weighted by atomic mass is 10.1. The van der Waals surface area contributed by atoms with E-state index >= 15 is 0 Å². The van der Waals surface area contributed by atoms with Gasteiger partial charge in [0.15, 0.2) is 18.1 Å². The molecule has 0 spiro atoms. The molecule has 0 aliphatic carbocycles. The Morgan fingerprint density at radius 2 is 2.00 bits per heavy atom. The molecular weight excluding hydrogens is 462 g/mol. The number of nitrogens with zero attached hydrogens (tertiary/aromatic N) is 2. The first kappa shape index (κ1) is 20.7. The van der Waals surface area contributed by atoms with Crippen LogP contribution in [-0.2, 0) is 9.59 Å². The van der Waals surface area contributed by atoms with E-state index in [4.69, 9.17) is 26.3 Å². The third-order valence-electron chi connectivity index (χ3n) is 3.94. The summed E-state index contributed by atoms with van der Waals surface area (Å²) in [5.74, 6) is -0.526. The van der Waals surface area contributed by atoms with Gasteiger partial charge in [-0.25, -0.2) is 5.01 Å². The third-order valence-corrected chi connectivity index (χ3v) is 5.39. The van der Waals surface area contributed by atoms with E-state index in [0.717, 1.165) is 0 Å². The molecule has 148 valence electrons. The molecule has 7 nitrogen and oxygen atoms in total. The van der Waals surface area contributed by atoms with Crippen LogP contribution >= 0.6 is 27.5 Å². The van der Waals surface area contributed by atoms with Gasteiger partial charge in [0.05, 0.1) is 12.3 Å². The van der Waals surface area contributed by atoms with Crippen LogP contribution in [0.15, 0.2) is 46.4 Å². The van der Waals surface area contributed by atoms with Crippen LogP contribution < -0.4 is 19.9 Å². The number of benzene rings is 2. The minimum atomic E-state index is -0.537. The molecule has 2 aromatic rings. The quantitative estimate of drug-likeness (QED) is 0.505. The van der Waals surface area contributed by atoms with Crippen molar-refractivity contribution in [3.8, 4) is 17.6 Å². The molecule has 3 rings (SSSR count). The molecule has 29 heavy (non-hydrogen) atoms. The average Bonchev–Trinajstić information content (AvgIpc) is 3.00. The van der Waals surface area contributed by atoms with E-state index in [2.05, 4.69) is 21.4 Å². The van der Waals surface area contributed by atoms with Crippen molar-refractivity contribution < 1.29 is 19.1 Å². The number of hydrogen-bond donors (Lipinski definition) is 1. The smallest absolute Gasteiger partial charge is 0.282 e. The standard InChI is InChI=1S/C20H15BrClN3O4/c1-2-28-15-11-12(16(21)17(22)18(15)29-9-8-23)10-14-19(26)24-25(20(14)27)13-6-4-3-5-7-13/h3-7,10-11H,2,9H2,1H3,(H,24,26)/b14-10-. The monoisotopic (exact) mass is 475 g/mol. The first-order valence-corrected chi connectivity index (χ1v) is 9.71. The maximum absolute atomic E-state index is 12.8. The van der Waals surface area contributed by atoms with Gasteiger partial charge in [0.1, 0.15) is 16.7 Å². The molecule has 1 saturated heterocycles. The number of halogens is 2. The summed E-state index contributed by atoms with van der Waals surface area (Å²) in [5, 5.41) is 10.1. The first-order valence-electron chi connectivity index (χ1n) is 8.54. The molecule has 0 aromatic heterocycles. The maximum Gasteiger partial charge on any atom is 0.282 e. The highest BCUT2D eigenvalue weighted by atomic mass is 79.9. The Bertz CT molecular complexity index is 1030. The average molecular weight is 477 g/mol. The van der Waals surface area contributed by atoms with E-state index in [1.807, 2.05) is 12.1 Å². The van der Waals surface area contributed by atoms with Crippen LogP contribution in [0.4, 0.5) is 5.69 Å². The second-order valence-electron chi connectivity index (χ2n) is 5.78. The molecule has 1 aliphatic heterocycles. The molecule has 0 bridgehead atoms. The summed E-state index contributed by atoms with van der Waals surface area (Å²) in [4.78, 5) is 25.2. The number of hydrazine groups is 1. The molecule has 9 heteroatoms. The summed E-state index contributed by atoms with van der Waals surface area (Å²) in [5.41, 5.74) is 3.48. The zero-order valence-electron chi connectivity index (χ0n) is 15.2. The fourth-order valence-electron chi connectivity index (χ4n) is 2.68. The molecule has 1 heterocycles.